The Bertz CT molecular complexity index is 178. The van der Waals surface area contributed by atoms with Crippen molar-refractivity contribution in [3.63, 3.8) is 0 Å². The Kier molecular flexibility index (Phi) is 4.36. The van der Waals surface area contributed by atoms with Crippen LogP contribution in [0.2, 0.25) is 0 Å². The lowest BCUT2D eigenvalue weighted by Gasteiger charge is -2.20. The Balaban J connectivity index is 4.52. The van der Waals surface area contributed by atoms with E-state index in [4.69, 9.17) is 5.26 Å². The molecule has 11 heavy (non-hydrogen) atoms. The van der Waals surface area contributed by atoms with Gasteiger partial charge in [0.1, 0.15) is 11.8 Å². The quantitative estimate of drug-likeness (QED) is 0.579. The van der Waals surface area contributed by atoms with Gasteiger partial charge in [0, 0.05) is 13.1 Å². The number of hydrogen-bond donors (Lipinski definition) is 0. The summed E-state index contributed by atoms with van der Waals surface area (Å²) in [6, 6.07) is 2.21. The maximum Gasteiger partial charge on any atom is 0.117 e. The van der Waals surface area contributed by atoms with Crippen molar-refractivity contribution in [3.05, 3.63) is 11.3 Å². The first-order valence-electron chi connectivity index (χ1n) is 3.99. The predicted molar refractivity (Wildman–Crippen MR) is 46.9 cm³/mol. The van der Waals surface area contributed by atoms with E-state index in [0.717, 1.165) is 24.4 Å². The highest BCUT2D eigenvalue weighted by atomic mass is 15.1. The minimum Gasteiger partial charge on any atom is -0.364 e. The third-order valence-corrected chi connectivity index (χ3v) is 1.66. The highest BCUT2D eigenvalue weighted by Gasteiger charge is 2.04. The van der Waals surface area contributed by atoms with Crippen molar-refractivity contribution >= 4 is 0 Å². The summed E-state index contributed by atoms with van der Waals surface area (Å²) < 4.78 is 0. The molecule has 0 amide bonds. The van der Waals surface area contributed by atoms with Gasteiger partial charge in [0.15, 0.2) is 0 Å². The maximum absolute atomic E-state index is 8.78. The normalized spacial score (nSPS) is 8.64. The van der Waals surface area contributed by atoms with Crippen LogP contribution in [-0.4, -0.2) is 18.0 Å². The van der Waals surface area contributed by atoms with Crippen molar-refractivity contribution in [2.45, 2.75) is 27.7 Å². The summed E-state index contributed by atoms with van der Waals surface area (Å²) in [5, 5.41) is 8.78. The van der Waals surface area contributed by atoms with Gasteiger partial charge < -0.3 is 4.90 Å². The summed E-state index contributed by atoms with van der Waals surface area (Å²) in [7, 11) is 0. The highest BCUT2D eigenvalue weighted by Crippen LogP contribution is 2.07. The second kappa shape index (κ2) is 4.79. The number of hydrogen-bond acceptors (Lipinski definition) is 2. The molecule has 0 unspecified atom stereocenters. The fraction of sp³-hybridized carbons (Fsp3) is 0.667. The molecule has 0 aliphatic heterocycles. The van der Waals surface area contributed by atoms with Crippen LogP contribution in [0.25, 0.3) is 0 Å². The van der Waals surface area contributed by atoms with Crippen LogP contribution in [0.3, 0.4) is 0 Å². The van der Waals surface area contributed by atoms with Crippen LogP contribution in [0, 0.1) is 11.3 Å². The van der Waals surface area contributed by atoms with Crippen LogP contribution in [0.5, 0.6) is 0 Å². The molecule has 0 radical (unpaired) electrons. The summed E-state index contributed by atoms with van der Waals surface area (Å²) in [5.41, 5.74) is 1.91. The zero-order valence-corrected chi connectivity index (χ0v) is 7.81. The van der Waals surface area contributed by atoms with Crippen molar-refractivity contribution in [1.29, 1.82) is 5.26 Å². The second-order valence-corrected chi connectivity index (χ2v) is 2.63. The van der Waals surface area contributed by atoms with Gasteiger partial charge >= 0.3 is 0 Å². The molecule has 0 aromatic carbocycles. The van der Waals surface area contributed by atoms with E-state index < -0.39 is 0 Å². The Morgan fingerprint density at radius 1 is 1.27 bits per heavy atom. The molecule has 0 bridgehead atoms. The largest absolute Gasteiger partial charge is 0.364 e. The number of nitrogens with zero attached hydrogens (tertiary/aromatic N) is 2. The van der Waals surface area contributed by atoms with Gasteiger partial charge in [-0.1, -0.05) is 0 Å². The van der Waals surface area contributed by atoms with Crippen LogP contribution in [0.15, 0.2) is 11.3 Å². The third-order valence-electron chi connectivity index (χ3n) is 1.66. The number of rotatable bonds is 3. The van der Waals surface area contributed by atoms with Gasteiger partial charge in [0.2, 0.25) is 0 Å². The van der Waals surface area contributed by atoms with Crippen LogP contribution in [0.1, 0.15) is 27.7 Å². The van der Waals surface area contributed by atoms with Crippen molar-refractivity contribution in [2.75, 3.05) is 13.1 Å². The first-order valence-corrected chi connectivity index (χ1v) is 3.99. The molecule has 0 fully saturated rings. The molecule has 0 saturated carbocycles. The molecule has 0 saturated heterocycles. The van der Waals surface area contributed by atoms with E-state index in [9.17, 15) is 0 Å². The molecule has 0 aromatic heterocycles. The smallest absolute Gasteiger partial charge is 0.117 e. The fourth-order valence-corrected chi connectivity index (χ4v) is 1.04. The average Bonchev–Trinajstić information content (AvgIpc) is 1.99. The molecule has 2 heteroatoms. The molecular formula is C9H16N2. The second-order valence-electron chi connectivity index (χ2n) is 2.63. The summed E-state index contributed by atoms with van der Waals surface area (Å²) in [6.07, 6.45) is 0. The zero-order valence-electron chi connectivity index (χ0n) is 7.81. The monoisotopic (exact) mass is 152 g/mol. The number of nitriles is 1. The SMILES string of the molecule is CCN(CC)C(C#N)=C(C)C. The van der Waals surface area contributed by atoms with E-state index in [1.807, 2.05) is 13.8 Å². The van der Waals surface area contributed by atoms with E-state index in [2.05, 4.69) is 24.8 Å². The van der Waals surface area contributed by atoms with Gasteiger partial charge in [-0.3, -0.25) is 0 Å². The Morgan fingerprint density at radius 2 is 1.73 bits per heavy atom. The van der Waals surface area contributed by atoms with Gasteiger partial charge in [0.25, 0.3) is 0 Å². The molecule has 0 rings (SSSR count). The molecule has 0 heterocycles. The molecule has 0 N–H and O–H groups in total. The minimum absolute atomic E-state index is 0.815. The van der Waals surface area contributed by atoms with E-state index >= 15 is 0 Å². The van der Waals surface area contributed by atoms with Gasteiger partial charge in [-0.05, 0) is 33.3 Å². The molecule has 0 aliphatic rings. The number of allylic oxidation sites excluding steroid dienone is 2. The first kappa shape index (κ1) is 10.0. The van der Waals surface area contributed by atoms with Gasteiger partial charge in [0.05, 0.1) is 0 Å². The van der Waals surface area contributed by atoms with Crippen LogP contribution >= 0.6 is 0 Å². The van der Waals surface area contributed by atoms with Crippen molar-refractivity contribution < 1.29 is 0 Å². The first-order chi connectivity index (χ1) is 5.17. The van der Waals surface area contributed by atoms with Crippen molar-refractivity contribution in [1.82, 2.24) is 4.90 Å². The molecule has 2 nitrogen and oxygen atoms in total. The Labute approximate surface area is 69.1 Å². The highest BCUT2D eigenvalue weighted by molar-refractivity contribution is 5.23. The molecule has 0 aliphatic carbocycles. The predicted octanol–water partition coefficient (Wildman–Crippen LogP) is 2.15. The molecule has 0 atom stereocenters. The molecule has 0 spiro atoms. The van der Waals surface area contributed by atoms with Crippen LogP contribution < -0.4 is 0 Å². The minimum atomic E-state index is 0.815. The average molecular weight is 152 g/mol. The fourth-order valence-electron chi connectivity index (χ4n) is 1.04. The summed E-state index contributed by atoms with van der Waals surface area (Å²) >= 11 is 0. The lowest BCUT2D eigenvalue weighted by Crippen LogP contribution is -2.22. The van der Waals surface area contributed by atoms with E-state index in [1.54, 1.807) is 0 Å². The van der Waals surface area contributed by atoms with Crippen LogP contribution in [-0.2, 0) is 0 Å². The van der Waals surface area contributed by atoms with Crippen molar-refractivity contribution in [3.8, 4) is 6.07 Å². The molecule has 0 aromatic rings. The lowest BCUT2D eigenvalue weighted by molar-refractivity contribution is 0.393. The summed E-state index contributed by atoms with van der Waals surface area (Å²) in [6.45, 7) is 9.87. The zero-order chi connectivity index (χ0) is 8.85. The topological polar surface area (TPSA) is 27.0 Å². The van der Waals surface area contributed by atoms with E-state index in [-0.39, 0.29) is 0 Å². The maximum atomic E-state index is 8.78. The van der Waals surface area contributed by atoms with E-state index in [0.29, 0.717) is 0 Å². The van der Waals surface area contributed by atoms with Crippen molar-refractivity contribution in [2.24, 2.45) is 0 Å². The Hall–Kier alpha value is -0.970. The third kappa shape index (κ3) is 2.63. The van der Waals surface area contributed by atoms with E-state index in [1.165, 1.54) is 0 Å². The molecule has 62 valence electrons. The van der Waals surface area contributed by atoms with Gasteiger partial charge in [-0.15, -0.1) is 0 Å². The Morgan fingerprint density at radius 3 is 1.82 bits per heavy atom. The van der Waals surface area contributed by atoms with Crippen LogP contribution in [0.4, 0.5) is 0 Å². The standard InChI is InChI=1S/C9H16N2/c1-5-11(6-2)9(7-10)8(3)4/h5-6H2,1-4H3. The lowest BCUT2D eigenvalue weighted by atomic mass is 10.2. The molecular weight excluding hydrogens is 136 g/mol. The summed E-state index contributed by atoms with van der Waals surface area (Å²) in [5.74, 6) is 0. The summed E-state index contributed by atoms with van der Waals surface area (Å²) in [4.78, 5) is 2.06. The van der Waals surface area contributed by atoms with Gasteiger partial charge in [-0.25, -0.2) is 0 Å². The van der Waals surface area contributed by atoms with Gasteiger partial charge in [-0.2, -0.15) is 5.26 Å².